The van der Waals surface area contributed by atoms with Crippen molar-refractivity contribution in [3.8, 4) is 5.75 Å². The number of ether oxygens (including phenoxy) is 1. The van der Waals surface area contributed by atoms with Crippen LogP contribution in [-0.2, 0) is 10.5 Å². The number of hydrogen-bond donors (Lipinski definition) is 1. The molecule has 0 saturated heterocycles. The highest BCUT2D eigenvalue weighted by Gasteiger charge is 2.32. The Hall–Kier alpha value is -1.16. The van der Waals surface area contributed by atoms with Crippen LogP contribution >= 0.6 is 11.8 Å². The largest absolute Gasteiger partial charge is 0.497 e. The maximum Gasteiger partial charge on any atom is 0.307 e. The summed E-state index contributed by atoms with van der Waals surface area (Å²) < 4.78 is 5.11. The van der Waals surface area contributed by atoms with Crippen molar-refractivity contribution in [3.05, 3.63) is 29.8 Å². The second-order valence-electron chi connectivity index (χ2n) is 4.57. The Morgan fingerprint density at radius 2 is 2.11 bits per heavy atom. The van der Waals surface area contributed by atoms with Gasteiger partial charge in [-0.25, -0.2) is 0 Å². The molecule has 1 saturated carbocycles. The van der Waals surface area contributed by atoms with Crippen molar-refractivity contribution < 1.29 is 14.6 Å². The highest BCUT2D eigenvalue weighted by atomic mass is 32.2. The molecule has 1 N–H and O–H groups in total. The van der Waals surface area contributed by atoms with Gasteiger partial charge in [0.2, 0.25) is 0 Å². The smallest absolute Gasteiger partial charge is 0.307 e. The predicted molar refractivity (Wildman–Crippen MR) is 73.1 cm³/mol. The molecule has 0 spiro atoms. The van der Waals surface area contributed by atoms with E-state index in [4.69, 9.17) is 9.84 Å². The molecule has 4 heteroatoms. The Morgan fingerprint density at radius 1 is 1.39 bits per heavy atom. The average Bonchev–Trinajstić information content (AvgIpc) is 2.85. The van der Waals surface area contributed by atoms with E-state index in [0.29, 0.717) is 0 Å². The number of carbonyl (C=O) groups is 1. The van der Waals surface area contributed by atoms with Gasteiger partial charge in [0.05, 0.1) is 13.0 Å². The van der Waals surface area contributed by atoms with Gasteiger partial charge in [0.25, 0.3) is 0 Å². The maximum atomic E-state index is 11.1. The molecule has 1 aliphatic carbocycles. The van der Waals surface area contributed by atoms with E-state index in [1.54, 1.807) is 18.9 Å². The fraction of sp³-hybridized carbons (Fsp3) is 0.500. The lowest BCUT2D eigenvalue weighted by Crippen LogP contribution is -2.20. The first-order valence-electron chi connectivity index (χ1n) is 6.18. The van der Waals surface area contributed by atoms with E-state index in [-0.39, 0.29) is 11.2 Å². The number of benzene rings is 1. The van der Waals surface area contributed by atoms with E-state index in [9.17, 15) is 4.79 Å². The zero-order valence-corrected chi connectivity index (χ0v) is 11.3. The van der Waals surface area contributed by atoms with Crippen molar-refractivity contribution in [3.63, 3.8) is 0 Å². The van der Waals surface area contributed by atoms with Crippen molar-refractivity contribution in [1.29, 1.82) is 0 Å². The number of thioether (sulfide) groups is 1. The van der Waals surface area contributed by atoms with Crippen LogP contribution in [0.2, 0.25) is 0 Å². The van der Waals surface area contributed by atoms with Crippen molar-refractivity contribution in [2.45, 2.75) is 30.3 Å². The highest BCUT2D eigenvalue weighted by molar-refractivity contribution is 7.99. The molecule has 1 fully saturated rings. The number of aliphatic carboxylic acids is 1. The summed E-state index contributed by atoms with van der Waals surface area (Å²) in [6, 6.07) is 7.96. The maximum absolute atomic E-state index is 11.1. The molecular weight excluding hydrogens is 248 g/mol. The molecule has 0 aromatic heterocycles. The van der Waals surface area contributed by atoms with E-state index in [2.05, 4.69) is 0 Å². The molecule has 2 rings (SSSR count). The minimum absolute atomic E-state index is 0.159. The molecule has 1 aromatic rings. The normalized spacial score (nSPS) is 22.9. The van der Waals surface area contributed by atoms with E-state index in [1.165, 1.54) is 5.56 Å². The van der Waals surface area contributed by atoms with Crippen molar-refractivity contribution in [2.24, 2.45) is 5.92 Å². The summed E-state index contributed by atoms with van der Waals surface area (Å²) >= 11 is 1.77. The molecule has 18 heavy (non-hydrogen) atoms. The van der Waals surface area contributed by atoms with Crippen LogP contribution in [0.5, 0.6) is 5.75 Å². The topological polar surface area (TPSA) is 46.5 Å². The van der Waals surface area contributed by atoms with Gasteiger partial charge in [-0.15, -0.1) is 0 Å². The molecule has 3 nitrogen and oxygen atoms in total. The van der Waals surface area contributed by atoms with Gasteiger partial charge in [-0.3, -0.25) is 4.79 Å². The van der Waals surface area contributed by atoms with E-state index in [0.717, 1.165) is 30.8 Å². The third kappa shape index (κ3) is 3.19. The van der Waals surface area contributed by atoms with Gasteiger partial charge < -0.3 is 9.84 Å². The van der Waals surface area contributed by atoms with E-state index >= 15 is 0 Å². The molecule has 0 amide bonds. The lowest BCUT2D eigenvalue weighted by Gasteiger charge is -2.15. The van der Waals surface area contributed by atoms with Gasteiger partial charge in [-0.2, -0.15) is 11.8 Å². The lowest BCUT2D eigenvalue weighted by molar-refractivity contribution is -0.141. The Morgan fingerprint density at radius 3 is 2.72 bits per heavy atom. The molecule has 1 aliphatic rings. The zero-order chi connectivity index (χ0) is 13.0. The van der Waals surface area contributed by atoms with Crippen LogP contribution in [0, 0.1) is 5.92 Å². The Balaban J connectivity index is 1.88. The van der Waals surface area contributed by atoms with Crippen LogP contribution in [0.3, 0.4) is 0 Å². The first-order chi connectivity index (χ1) is 8.70. The lowest BCUT2D eigenvalue weighted by atomic mass is 10.1. The highest BCUT2D eigenvalue weighted by Crippen LogP contribution is 2.36. The van der Waals surface area contributed by atoms with E-state index in [1.807, 2.05) is 24.3 Å². The third-order valence-electron chi connectivity index (χ3n) is 3.39. The van der Waals surface area contributed by atoms with Gasteiger partial charge >= 0.3 is 5.97 Å². The summed E-state index contributed by atoms with van der Waals surface area (Å²) in [6.07, 6.45) is 2.89. The second-order valence-corrected chi connectivity index (χ2v) is 5.80. The number of carboxylic acid groups (broad SMARTS) is 1. The van der Waals surface area contributed by atoms with Gasteiger partial charge in [0.1, 0.15) is 5.75 Å². The number of hydrogen-bond acceptors (Lipinski definition) is 3. The monoisotopic (exact) mass is 266 g/mol. The SMILES string of the molecule is COc1ccc(CS[C@H]2CCC[C@H]2C(=O)O)cc1. The van der Waals surface area contributed by atoms with Gasteiger partial charge in [-0.05, 0) is 30.5 Å². The van der Waals surface area contributed by atoms with Crippen LogP contribution in [0.1, 0.15) is 24.8 Å². The van der Waals surface area contributed by atoms with Crippen LogP contribution < -0.4 is 4.74 Å². The summed E-state index contributed by atoms with van der Waals surface area (Å²) in [6.45, 7) is 0. The molecule has 0 radical (unpaired) electrons. The van der Waals surface area contributed by atoms with Crippen LogP contribution in [-0.4, -0.2) is 23.4 Å². The Labute approximate surface area is 112 Å². The molecule has 0 heterocycles. The molecule has 0 aliphatic heterocycles. The summed E-state index contributed by atoms with van der Waals surface area (Å²) in [7, 11) is 1.65. The van der Waals surface area contributed by atoms with Crippen molar-refractivity contribution >= 4 is 17.7 Å². The summed E-state index contributed by atoms with van der Waals surface area (Å²) in [4.78, 5) is 11.1. The third-order valence-corrected chi connectivity index (χ3v) is 4.89. The standard InChI is InChI=1S/C14H18O3S/c1-17-11-7-5-10(6-8-11)9-18-13-4-2-3-12(13)14(15)16/h5-8,12-13H,2-4,9H2,1H3,(H,15,16)/t12-,13+/m1/s1. The minimum atomic E-state index is -0.639. The quantitative estimate of drug-likeness (QED) is 0.889. The van der Waals surface area contributed by atoms with Gasteiger partial charge in [0, 0.05) is 11.0 Å². The zero-order valence-electron chi connectivity index (χ0n) is 10.5. The predicted octanol–water partition coefficient (Wildman–Crippen LogP) is 3.18. The van der Waals surface area contributed by atoms with Crippen molar-refractivity contribution in [2.75, 3.05) is 7.11 Å². The van der Waals surface area contributed by atoms with Gasteiger partial charge in [-0.1, -0.05) is 18.6 Å². The first kappa shape index (κ1) is 13.3. The molecule has 98 valence electrons. The average molecular weight is 266 g/mol. The van der Waals surface area contributed by atoms with Crippen LogP contribution in [0.15, 0.2) is 24.3 Å². The molecule has 1 aromatic carbocycles. The van der Waals surface area contributed by atoms with E-state index < -0.39 is 5.97 Å². The fourth-order valence-electron chi connectivity index (χ4n) is 2.33. The molecule has 2 atom stereocenters. The van der Waals surface area contributed by atoms with Crippen molar-refractivity contribution in [1.82, 2.24) is 0 Å². The number of methoxy groups -OCH3 is 1. The van der Waals surface area contributed by atoms with Gasteiger partial charge in [0.15, 0.2) is 0 Å². The molecule has 0 bridgehead atoms. The molecular formula is C14H18O3S. The second kappa shape index (κ2) is 6.14. The minimum Gasteiger partial charge on any atom is -0.497 e. The first-order valence-corrected chi connectivity index (χ1v) is 7.23. The summed E-state index contributed by atoms with van der Waals surface area (Å²) in [5.74, 6) is 0.930. The summed E-state index contributed by atoms with van der Waals surface area (Å²) in [5, 5.41) is 9.39. The number of carboxylic acids is 1. The van der Waals surface area contributed by atoms with Crippen LogP contribution in [0.4, 0.5) is 0 Å². The molecule has 0 unspecified atom stereocenters. The number of rotatable bonds is 5. The van der Waals surface area contributed by atoms with Crippen LogP contribution in [0.25, 0.3) is 0 Å². The Bertz CT molecular complexity index is 402. The Kier molecular flexibility index (Phi) is 4.53. The fourth-order valence-corrected chi connectivity index (χ4v) is 3.75. The summed E-state index contributed by atoms with van der Waals surface area (Å²) in [5.41, 5.74) is 1.22.